The lowest BCUT2D eigenvalue weighted by Gasteiger charge is -2.11. The average molecular weight is 332 g/mol. The summed E-state index contributed by atoms with van der Waals surface area (Å²) in [4.78, 5) is 11.8. The van der Waals surface area contributed by atoms with Crippen LogP contribution in [0, 0.1) is 0 Å². The largest absolute Gasteiger partial charge is 0.506 e. The third-order valence-electron chi connectivity index (χ3n) is 2.83. The van der Waals surface area contributed by atoms with Gasteiger partial charge in [0.1, 0.15) is 17.2 Å². The maximum absolute atomic E-state index is 11.8. The smallest absolute Gasteiger partial charge is 0.264 e. The van der Waals surface area contributed by atoms with Crippen LogP contribution in [0.5, 0.6) is 17.2 Å². The Hall–Kier alpha value is -2.80. The summed E-state index contributed by atoms with van der Waals surface area (Å²) >= 11 is 5.01. The highest BCUT2D eigenvalue weighted by Gasteiger charge is 2.07. The number of carbonyl (C=O) groups is 1. The van der Waals surface area contributed by atoms with Gasteiger partial charge in [0.25, 0.3) is 5.91 Å². The van der Waals surface area contributed by atoms with Crippen molar-refractivity contribution in [3.8, 4) is 17.2 Å². The molecule has 23 heavy (non-hydrogen) atoms. The number of thiocarbonyl (C=S) groups is 1. The molecule has 0 spiro atoms. The third kappa shape index (κ3) is 5.15. The van der Waals surface area contributed by atoms with Crippen molar-refractivity contribution in [1.29, 1.82) is 0 Å². The highest BCUT2D eigenvalue weighted by molar-refractivity contribution is 7.80. The lowest BCUT2D eigenvalue weighted by Crippen LogP contribution is -2.37. The predicted molar refractivity (Wildman–Crippen MR) is 91.0 cm³/mol. The third-order valence-corrected chi connectivity index (χ3v) is 3.04. The molecule has 7 heteroatoms. The average Bonchev–Trinajstić information content (AvgIpc) is 2.55. The monoisotopic (exact) mass is 332 g/mol. The van der Waals surface area contributed by atoms with Crippen LogP contribution >= 0.6 is 12.2 Å². The maximum atomic E-state index is 11.8. The first-order valence-corrected chi connectivity index (χ1v) is 7.15. The molecule has 0 bridgehead atoms. The molecule has 0 atom stereocenters. The molecule has 0 heterocycles. The van der Waals surface area contributed by atoms with Gasteiger partial charge in [-0.15, -0.1) is 0 Å². The molecular weight excluding hydrogens is 316 g/mol. The van der Waals surface area contributed by atoms with Crippen LogP contribution in [0.15, 0.2) is 48.5 Å². The van der Waals surface area contributed by atoms with Gasteiger partial charge in [-0.3, -0.25) is 10.1 Å². The molecule has 0 aromatic heterocycles. The van der Waals surface area contributed by atoms with E-state index in [2.05, 4.69) is 10.6 Å². The fourth-order valence-electron chi connectivity index (χ4n) is 1.72. The normalized spacial score (nSPS) is 9.78. The van der Waals surface area contributed by atoms with Gasteiger partial charge in [0.05, 0.1) is 12.8 Å². The quantitative estimate of drug-likeness (QED) is 0.576. The number of hydrogen-bond acceptors (Lipinski definition) is 5. The number of ether oxygens (including phenoxy) is 2. The minimum absolute atomic E-state index is 0.0404. The Morgan fingerprint density at radius 3 is 2.43 bits per heavy atom. The predicted octanol–water partition coefficient (Wildman–Crippen LogP) is 2.29. The minimum Gasteiger partial charge on any atom is -0.506 e. The van der Waals surface area contributed by atoms with E-state index in [4.69, 9.17) is 21.7 Å². The SMILES string of the molecule is COc1ccc(OCC(=O)NC(=S)Nc2ccccc2O)cc1. The van der Waals surface area contributed by atoms with Gasteiger partial charge in [0.15, 0.2) is 11.7 Å². The number of aromatic hydroxyl groups is 1. The van der Waals surface area contributed by atoms with Crippen LogP contribution in [0.2, 0.25) is 0 Å². The standard InChI is InChI=1S/C16H16N2O4S/c1-21-11-6-8-12(9-7-11)22-10-15(20)18-16(23)17-13-4-2-3-5-14(13)19/h2-9,19H,10H2,1H3,(H2,17,18,20,23). The van der Waals surface area contributed by atoms with Crippen molar-refractivity contribution >= 4 is 28.9 Å². The van der Waals surface area contributed by atoms with E-state index in [0.29, 0.717) is 17.2 Å². The molecule has 0 saturated heterocycles. The topological polar surface area (TPSA) is 79.8 Å². The number of para-hydroxylation sites is 2. The number of benzene rings is 2. The number of phenolic OH excluding ortho intramolecular Hbond substituents is 1. The Morgan fingerprint density at radius 1 is 1.13 bits per heavy atom. The number of hydrogen-bond donors (Lipinski definition) is 3. The zero-order valence-corrected chi connectivity index (χ0v) is 13.2. The van der Waals surface area contributed by atoms with Crippen molar-refractivity contribution in [2.24, 2.45) is 0 Å². The summed E-state index contributed by atoms with van der Waals surface area (Å²) in [5.41, 5.74) is 0.411. The fraction of sp³-hybridized carbons (Fsp3) is 0.125. The number of nitrogens with one attached hydrogen (secondary N) is 2. The van der Waals surface area contributed by atoms with Crippen molar-refractivity contribution in [2.75, 3.05) is 19.0 Å². The van der Waals surface area contributed by atoms with Crippen LogP contribution in [-0.2, 0) is 4.79 Å². The first-order chi connectivity index (χ1) is 11.1. The second-order valence-electron chi connectivity index (χ2n) is 4.48. The Kier molecular flexibility index (Phi) is 5.76. The molecule has 2 aromatic rings. The number of phenols is 1. The first-order valence-electron chi connectivity index (χ1n) is 6.74. The number of anilines is 1. The van der Waals surface area contributed by atoms with E-state index in [9.17, 15) is 9.90 Å². The highest BCUT2D eigenvalue weighted by atomic mass is 32.1. The first kappa shape index (κ1) is 16.6. The summed E-state index contributed by atoms with van der Waals surface area (Å²) in [5.74, 6) is 0.878. The summed E-state index contributed by atoms with van der Waals surface area (Å²) < 4.78 is 10.4. The molecule has 0 aliphatic carbocycles. The van der Waals surface area contributed by atoms with Crippen LogP contribution in [-0.4, -0.2) is 29.8 Å². The number of carbonyl (C=O) groups excluding carboxylic acids is 1. The van der Waals surface area contributed by atoms with Gasteiger partial charge < -0.3 is 19.9 Å². The van der Waals surface area contributed by atoms with Gasteiger partial charge in [0.2, 0.25) is 0 Å². The molecule has 0 unspecified atom stereocenters. The zero-order valence-electron chi connectivity index (χ0n) is 12.4. The lowest BCUT2D eigenvalue weighted by molar-refractivity contribution is -0.121. The van der Waals surface area contributed by atoms with Crippen molar-refractivity contribution in [3.63, 3.8) is 0 Å². The Morgan fingerprint density at radius 2 is 1.78 bits per heavy atom. The highest BCUT2D eigenvalue weighted by Crippen LogP contribution is 2.21. The summed E-state index contributed by atoms with van der Waals surface area (Å²) in [5, 5.41) is 14.9. The molecule has 0 aliphatic rings. The molecule has 2 rings (SSSR count). The van der Waals surface area contributed by atoms with Crippen LogP contribution < -0.4 is 20.1 Å². The molecule has 2 aromatic carbocycles. The molecule has 0 saturated carbocycles. The van der Waals surface area contributed by atoms with E-state index in [1.165, 1.54) is 6.07 Å². The van der Waals surface area contributed by atoms with Crippen LogP contribution in [0.4, 0.5) is 5.69 Å². The number of amides is 1. The van der Waals surface area contributed by atoms with Crippen LogP contribution in [0.25, 0.3) is 0 Å². The number of methoxy groups -OCH3 is 1. The van der Waals surface area contributed by atoms with Gasteiger partial charge >= 0.3 is 0 Å². The summed E-state index contributed by atoms with van der Waals surface area (Å²) in [7, 11) is 1.57. The van der Waals surface area contributed by atoms with E-state index in [1.54, 1.807) is 49.6 Å². The molecular formula is C16H16N2O4S. The van der Waals surface area contributed by atoms with Crippen molar-refractivity contribution < 1.29 is 19.4 Å². The van der Waals surface area contributed by atoms with E-state index >= 15 is 0 Å². The Labute approximate surface area is 139 Å². The Balaban J connectivity index is 1.79. The van der Waals surface area contributed by atoms with Gasteiger partial charge in [-0.1, -0.05) is 12.1 Å². The van der Waals surface area contributed by atoms with E-state index in [0.717, 1.165) is 0 Å². The summed E-state index contributed by atoms with van der Waals surface area (Å²) in [6.45, 7) is -0.186. The van der Waals surface area contributed by atoms with E-state index in [1.807, 2.05) is 0 Å². The Bertz CT molecular complexity index is 689. The van der Waals surface area contributed by atoms with Gasteiger partial charge in [-0.2, -0.15) is 0 Å². The molecule has 0 radical (unpaired) electrons. The molecule has 0 fully saturated rings. The van der Waals surface area contributed by atoms with Gasteiger partial charge in [-0.05, 0) is 48.6 Å². The maximum Gasteiger partial charge on any atom is 0.264 e. The molecule has 1 amide bonds. The van der Waals surface area contributed by atoms with E-state index < -0.39 is 5.91 Å². The fourth-order valence-corrected chi connectivity index (χ4v) is 1.94. The second kappa shape index (κ2) is 8.00. The van der Waals surface area contributed by atoms with Crippen molar-refractivity contribution in [2.45, 2.75) is 0 Å². The van der Waals surface area contributed by atoms with Gasteiger partial charge in [0, 0.05) is 0 Å². The van der Waals surface area contributed by atoms with E-state index in [-0.39, 0.29) is 17.5 Å². The van der Waals surface area contributed by atoms with Crippen LogP contribution in [0.1, 0.15) is 0 Å². The zero-order chi connectivity index (χ0) is 16.7. The molecule has 0 aliphatic heterocycles. The molecule has 120 valence electrons. The summed E-state index contributed by atoms with van der Waals surface area (Å²) in [6.07, 6.45) is 0. The number of rotatable bonds is 5. The van der Waals surface area contributed by atoms with Crippen LogP contribution in [0.3, 0.4) is 0 Å². The second-order valence-corrected chi connectivity index (χ2v) is 4.89. The summed E-state index contributed by atoms with van der Waals surface area (Å²) in [6, 6.07) is 13.4. The van der Waals surface area contributed by atoms with Crippen molar-refractivity contribution in [3.05, 3.63) is 48.5 Å². The minimum atomic E-state index is -0.409. The molecule has 6 nitrogen and oxygen atoms in total. The lowest BCUT2D eigenvalue weighted by atomic mass is 10.3. The van der Waals surface area contributed by atoms with Gasteiger partial charge in [-0.25, -0.2) is 0 Å². The molecule has 3 N–H and O–H groups in total. The van der Waals surface area contributed by atoms with Crippen molar-refractivity contribution in [1.82, 2.24) is 5.32 Å².